The van der Waals surface area contributed by atoms with Gasteiger partial charge in [-0.25, -0.2) is 10.5 Å². The van der Waals surface area contributed by atoms with Crippen molar-refractivity contribution >= 4 is 10.8 Å². The van der Waals surface area contributed by atoms with E-state index in [2.05, 4.69) is 74.2 Å². The Morgan fingerprint density at radius 3 is 1.90 bits per heavy atom. The Balaban J connectivity index is 0.000000444. The molecule has 2 N–H and O–H groups in total. The van der Waals surface area contributed by atoms with Gasteiger partial charge in [0.1, 0.15) is 0 Å². The molecule has 20 heavy (non-hydrogen) atoms. The summed E-state index contributed by atoms with van der Waals surface area (Å²) in [6.07, 6.45) is 0. The third kappa shape index (κ3) is 4.02. The highest BCUT2D eigenvalue weighted by Crippen LogP contribution is 2.32. The van der Waals surface area contributed by atoms with Gasteiger partial charge in [0.15, 0.2) is 0 Å². The Hall–Kier alpha value is -1.46. The zero-order valence-corrected chi connectivity index (χ0v) is 12.3. The summed E-state index contributed by atoms with van der Waals surface area (Å²) in [6.45, 7) is 9.12. The SMILES string of the molecule is CC(C)c1ccc2ccccc2c1C(C)C.OOOO. The Bertz CT molecular complexity index is 533. The molecule has 0 bridgehead atoms. The minimum Gasteiger partial charge on any atom is -0.219 e. The maximum absolute atomic E-state index is 6.90. The van der Waals surface area contributed by atoms with Gasteiger partial charge in [0.05, 0.1) is 0 Å². The predicted octanol–water partition coefficient (Wildman–Crippen LogP) is 4.97. The van der Waals surface area contributed by atoms with Crippen LogP contribution in [0.3, 0.4) is 0 Å². The standard InChI is InChI=1S/C16H20.H2O4/c1-11(2)14-10-9-13-7-5-6-8-15(13)16(14)12(3)4;1-3-4-2/h5-12H,1-4H3;1-2H. The molecule has 0 unspecified atom stereocenters. The number of hydrogen-bond donors (Lipinski definition) is 2. The van der Waals surface area contributed by atoms with Gasteiger partial charge in [0.2, 0.25) is 0 Å². The summed E-state index contributed by atoms with van der Waals surface area (Å²) in [5, 5.41) is 21.8. The molecule has 0 aliphatic rings. The Morgan fingerprint density at radius 2 is 1.40 bits per heavy atom. The first-order valence-corrected chi connectivity index (χ1v) is 6.66. The van der Waals surface area contributed by atoms with E-state index in [1.807, 2.05) is 0 Å². The average Bonchev–Trinajstić information content (AvgIpc) is 2.45. The van der Waals surface area contributed by atoms with Crippen LogP contribution in [0.5, 0.6) is 0 Å². The Kier molecular flexibility index (Phi) is 6.61. The van der Waals surface area contributed by atoms with Crippen molar-refractivity contribution in [3.05, 3.63) is 47.5 Å². The second kappa shape index (κ2) is 7.97. The molecule has 0 aromatic heterocycles. The predicted molar refractivity (Wildman–Crippen MR) is 79.6 cm³/mol. The van der Waals surface area contributed by atoms with Gasteiger partial charge in [-0.05, 0) is 43.8 Å². The monoisotopic (exact) mass is 278 g/mol. The van der Waals surface area contributed by atoms with E-state index in [0.717, 1.165) is 0 Å². The quantitative estimate of drug-likeness (QED) is 0.615. The number of hydrogen-bond acceptors (Lipinski definition) is 4. The molecule has 110 valence electrons. The van der Waals surface area contributed by atoms with E-state index in [0.29, 0.717) is 11.8 Å². The van der Waals surface area contributed by atoms with E-state index in [1.165, 1.54) is 21.9 Å². The molecule has 0 aliphatic heterocycles. The van der Waals surface area contributed by atoms with Crippen molar-refractivity contribution in [3.63, 3.8) is 0 Å². The lowest BCUT2D eigenvalue weighted by Crippen LogP contribution is -1.99. The number of benzene rings is 2. The molecule has 0 atom stereocenters. The summed E-state index contributed by atoms with van der Waals surface area (Å²) < 4.78 is 0. The number of fused-ring (bicyclic) bond motifs is 1. The highest BCUT2D eigenvalue weighted by atomic mass is 17.6. The van der Waals surface area contributed by atoms with Crippen LogP contribution in [0.4, 0.5) is 0 Å². The third-order valence-electron chi connectivity index (χ3n) is 3.24. The lowest BCUT2D eigenvalue weighted by molar-refractivity contribution is -0.611. The lowest BCUT2D eigenvalue weighted by Gasteiger charge is -2.18. The lowest BCUT2D eigenvalue weighted by atomic mass is 9.86. The summed E-state index contributed by atoms with van der Waals surface area (Å²) in [5.74, 6) is 1.19. The van der Waals surface area contributed by atoms with E-state index in [9.17, 15) is 0 Å². The summed E-state index contributed by atoms with van der Waals surface area (Å²) in [6, 6.07) is 13.2. The van der Waals surface area contributed by atoms with Gasteiger partial charge in [-0.15, -0.1) is 0 Å². The smallest absolute Gasteiger partial charge is 0.0146 e. The van der Waals surface area contributed by atoms with Crippen molar-refractivity contribution in [1.29, 1.82) is 0 Å². The fourth-order valence-electron chi connectivity index (χ4n) is 2.46. The first kappa shape index (κ1) is 16.6. The first-order chi connectivity index (χ1) is 9.52. The topological polar surface area (TPSA) is 58.9 Å². The van der Waals surface area contributed by atoms with E-state index in [1.54, 1.807) is 0 Å². The molecule has 2 rings (SSSR count). The summed E-state index contributed by atoms with van der Waals surface area (Å²) >= 11 is 0. The van der Waals surface area contributed by atoms with Crippen molar-refractivity contribution in [1.82, 2.24) is 0 Å². The first-order valence-electron chi connectivity index (χ1n) is 6.66. The van der Waals surface area contributed by atoms with Crippen LogP contribution in [0.25, 0.3) is 10.8 Å². The Morgan fingerprint density at radius 1 is 0.800 bits per heavy atom. The molecule has 2 aromatic rings. The van der Waals surface area contributed by atoms with Crippen molar-refractivity contribution in [2.75, 3.05) is 0 Å². The van der Waals surface area contributed by atoms with Gasteiger partial charge in [-0.1, -0.05) is 64.1 Å². The zero-order chi connectivity index (χ0) is 15.1. The van der Waals surface area contributed by atoms with E-state index < -0.39 is 0 Å². The van der Waals surface area contributed by atoms with Crippen LogP contribution in [0.1, 0.15) is 50.7 Å². The van der Waals surface area contributed by atoms with Crippen LogP contribution >= 0.6 is 0 Å². The molecular weight excluding hydrogens is 256 g/mol. The van der Waals surface area contributed by atoms with Gasteiger partial charge in [-0.3, -0.25) is 0 Å². The largest absolute Gasteiger partial charge is 0.219 e. The second-order valence-corrected chi connectivity index (χ2v) is 5.25. The van der Waals surface area contributed by atoms with Gasteiger partial charge >= 0.3 is 0 Å². The van der Waals surface area contributed by atoms with Crippen LogP contribution in [-0.4, -0.2) is 10.5 Å². The highest BCUT2D eigenvalue weighted by molar-refractivity contribution is 5.87. The molecule has 4 nitrogen and oxygen atoms in total. The highest BCUT2D eigenvalue weighted by Gasteiger charge is 2.12. The maximum Gasteiger partial charge on any atom is -0.0146 e. The minimum absolute atomic E-state index is 0.587. The molecular formula is C16H22O4. The molecule has 0 saturated heterocycles. The van der Waals surface area contributed by atoms with Gasteiger partial charge in [0.25, 0.3) is 0 Å². The maximum atomic E-state index is 6.90. The van der Waals surface area contributed by atoms with Crippen molar-refractivity contribution in [2.45, 2.75) is 39.5 Å². The molecule has 0 saturated carbocycles. The van der Waals surface area contributed by atoms with Crippen LogP contribution < -0.4 is 0 Å². The number of rotatable bonds is 3. The van der Waals surface area contributed by atoms with Crippen LogP contribution in [0.2, 0.25) is 0 Å². The second-order valence-electron chi connectivity index (χ2n) is 5.25. The van der Waals surface area contributed by atoms with Crippen molar-refractivity contribution in [2.24, 2.45) is 0 Å². The van der Waals surface area contributed by atoms with E-state index in [4.69, 9.17) is 10.5 Å². The molecule has 0 radical (unpaired) electrons. The molecule has 4 heteroatoms. The van der Waals surface area contributed by atoms with Crippen LogP contribution in [0, 0.1) is 0 Å². The van der Waals surface area contributed by atoms with E-state index in [-0.39, 0.29) is 0 Å². The molecule has 0 spiro atoms. The molecule has 0 heterocycles. The third-order valence-corrected chi connectivity index (χ3v) is 3.24. The van der Waals surface area contributed by atoms with E-state index >= 15 is 0 Å². The van der Waals surface area contributed by atoms with Gasteiger partial charge in [0, 0.05) is 0 Å². The van der Waals surface area contributed by atoms with Crippen molar-refractivity contribution in [3.8, 4) is 0 Å². The molecule has 2 aromatic carbocycles. The van der Waals surface area contributed by atoms with Crippen LogP contribution in [-0.2, 0) is 10.1 Å². The molecule has 0 fully saturated rings. The summed E-state index contributed by atoms with van der Waals surface area (Å²) in [7, 11) is 0. The zero-order valence-electron chi connectivity index (χ0n) is 12.3. The van der Waals surface area contributed by atoms with Gasteiger partial charge < -0.3 is 0 Å². The van der Waals surface area contributed by atoms with Crippen molar-refractivity contribution < 1.29 is 20.6 Å². The minimum atomic E-state index is 0.587. The Labute approximate surface area is 119 Å². The van der Waals surface area contributed by atoms with Gasteiger partial charge in [-0.2, -0.15) is 0 Å². The normalized spacial score (nSPS) is 10.8. The molecule has 0 aliphatic carbocycles. The van der Waals surface area contributed by atoms with Crippen LogP contribution in [0.15, 0.2) is 36.4 Å². The summed E-state index contributed by atoms with van der Waals surface area (Å²) in [5.41, 5.74) is 3.02. The summed E-state index contributed by atoms with van der Waals surface area (Å²) in [4.78, 5) is 0. The molecule has 0 amide bonds. The fourth-order valence-corrected chi connectivity index (χ4v) is 2.46. The fraction of sp³-hybridized carbons (Fsp3) is 0.375. The average molecular weight is 278 g/mol.